The van der Waals surface area contributed by atoms with Gasteiger partial charge in [-0.25, -0.2) is 0 Å². The van der Waals surface area contributed by atoms with E-state index in [2.05, 4.69) is 15.9 Å². The number of rotatable bonds is 4. The van der Waals surface area contributed by atoms with Gasteiger partial charge >= 0.3 is 0 Å². The average molecular weight is 337 g/mol. The van der Waals surface area contributed by atoms with Crippen LogP contribution in [0.2, 0.25) is 0 Å². The molecule has 0 bridgehead atoms. The van der Waals surface area contributed by atoms with Crippen LogP contribution in [0, 0.1) is 10.1 Å². The lowest BCUT2D eigenvalue weighted by atomic mass is 10.1. The summed E-state index contributed by atoms with van der Waals surface area (Å²) in [4.78, 5) is 10.3. The minimum atomic E-state index is -0.462. The highest BCUT2D eigenvalue weighted by molar-refractivity contribution is 9.10. The van der Waals surface area contributed by atoms with E-state index in [0.29, 0.717) is 16.0 Å². The smallest absolute Gasteiger partial charge is 0.273 e. The van der Waals surface area contributed by atoms with Gasteiger partial charge in [0.1, 0.15) is 11.5 Å². The molecule has 2 rings (SSSR count). The summed E-state index contributed by atoms with van der Waals surface area (Å²) in [6.07, 6.45) is 0. The van der Waals surface area contributed by atoms with Gasteiger partial charge in [-0.2, -0.15) is 0 Å². The molecule has 0 spiro atoms. The van der Waals surface area contributed by atoms with Gasteiger partial charge in [0.15, 0.2) is 0 Å². The molecule has 0 aliphatic heterocycles. The molecule has 5 nitrogen and oxygen atoms in total. The van der Waals surface area contributed by atoms with Crippen molar-refractivity contribution in [2.24, 2.45) is 5.73 Å². The van der Waals surface area contributed by atoms with Crippen molar-refractivity contribution in [2.45, 2.75) is 13.0 Å². The number of nitro groups is 1. The molecule has 0 saturated carbocycles. The van der Waals surface area contributed by atoms with Crippen molar-refractivity contribution in [1.29, 1.82) is 0 Å². The van der Waals surface area contributed by atoms with Crippen LogP contribution in [0.1, 0.15) is 18.5 Å². The Hall–Kier alpha value is -1.92. The van der Waals surface area contributed by atoms with Crippen molar-refractivity contribution in [2.75, 3.05) is 0 Å². The highest BCUT2D eigenvalue weighted by Gasteiger charge is 2.14. The van der Waals surface area contributed by atoms with E-state index >= 15 is 0 Å². The maximum Gasteiger partial charge on any atom is 0.273 e. The molecule has 0 radical (unpaired) electrons. The molecule has 0 fully saturated rings. The molecule has 0 aliphatic rings. The third-order valence-electron chi connectivity index (χ3n) is 2.76. The fraction of sp³-hybridized carbons (Fsp3) is 0.143. The second kappa shape index (κ2) is 6.02. The summed E-state index contributed by atoms with van der Waals surface area (Å²) in [6.45, 7) is 1.85. The van der Waals surface area contributed by atoms with Crippen molar-refractivity contribution in [3.63, 3.8) is 0 Å². The standard InChI is InChI=1S/C14H13BrN2O3/c1-9(16)11-4-2-3-5-13(11)20-14-8-10(17(18)19)6-7-12(14)15/h2-9H,16H2,1H3/t9-/m0/s1. The number of nitro benzene ring substituents is 1. The largest absolute Gasteiger partial charge is 0.456 e. The van der Waals surface area contributed by atoms with Crippen LogP contribution in [0.5, 0.6) is 11.5 Å². The average Bonchev–Trinajstić information content (AvgIpc) is 2.41. The maximum absolute atomic E-state index is 10.8. The van der Waals surface area contributed by atoms with Gasteiger partial charge < -0.3 is 10.5 Å². The van der Waals surface area contributed by atoms with Crippen LogP contribution < -0.4 is 10.5 Å². The highest BCUT2D eigenvalue weighted by Crippen LogP contribution is 2.35. The van der Waals surface area contributed by atoms with Crippen molar-refractivity contribution in [3.8, 4) is 11.5 Å². The molecule has 0 amide bonds. The number of para-hydroxylation sites is 1. The van der Waals surface area contributed by atoms with Crippen molar-refractivity contribution in [3.05, 3.63) is 62.6 Å². The lowest BCUT2D eigenvalue weighted by Gasteiger charge is -2.14. The molecule has 0 aromatic heterocycles. The van der Waals surface area contributed by atoms with Gasteiger partial charge in [-0.1, -0.05) is 18.2 Å². The number of ether oxygens (including phenoxy) is 1. The minimum Gasteiger partial charge on any atom is -0.456 e. The Bertz CT molecular complexity index is 644. The predicted octanol–water partition coefficient (Wildman–Crippen LogP) is 4.17. The number of non-ortho nitro benzene ring substituents is 1. The SMILES string of the molecule is C[C@H](N)c1ccccc1Oc1cc([N+](=O)[O-])ccc1Br. The highest BCUT2D eigenvalue weighted by atomic mass is 79.9. The van der Waals surface area contributed by atoms with Crippen LogP contribution in [-0.4, -0.2) is 4.92 Å². The Balaban J connectivity index is 2.40. The predicted molar refractivity (Wildman–Crippen MR) is 79.9 cm³/mol. The second-order valence-electron chi connectivity index (χ2n) is 4.30. The lowest BCUT2D eigenvalue weighted by Crippen LogP contribution is -2.06. The van der Waals surface area contributed by atoms with Crippen LogP contribution >= 0.6 is 15.9 Å². The van der Waals surface area contributed by atoms with Crippen molar-refractivity contribution in [1.82, 2.24) is 0 Å². The third kappa shape index (κ3) is 3.15. The van der Waals surface area contributed by atoms with Gasteiger partial charge in [0.05, 0.1) is 15.5 Å². The molecule has 1 atom stereocenters. The number of benzene rings is 2. The monoisotopic (exact) mass is 336 g/mol. The van der Waals surface area contributed by atoms with Crippen LogP contribution in [0.25, 0.3) is 0 Å². The number of halogens is 1. The molecule has 0 unspecified atom stereocenters. The molecule has 0 saturated heterocycles. The summed E-state index contributed by atoms with van der Waals surface area (Å²) in [5.41, 5.74) is 6.70. The fourth-order valence-corrected chi connectivity index (χ4v) is 2.08. The Kier molecular flexibility index (Phi) is 4.36. The topological polar surface area (TPSA) is 78.4 Å². The normalized spacial score (nSPS) is 11.9. The number of nitrogens with zero attached hydrogens (tertiary/aromatic N) is 1. The minimum absolute atomic E-state index is 0.0264. The van der Waals surface area contributed by atoms with Crippen LogP contribution in [0.15, 0.2) is 46.9 Å². The molecule has 6 heteroatoms. The summed E-state index contributed by atoms with van der Waals surface area (Å²) in [7, 11) is 0. The van der Waals surface area contributed by atoms with E-state index in [1.807, 2.05) is 25.1 Å². The number of nitrogens with two attached hydrogens (primary N) is 1. The zero-order chi connectivity index (χ0) is 14.7. The fourth-order valence-electron chi connectivity index (χ4n) is 1.75. The van der Waals surface area contributed by atoms with E-state index in [1.54, 1.807) is 12.1 Å². The molecule has 2 N–H and O–H groups in total. The first kappa shape index (κ1) is 14.5. The Morgan fingerprint density at radius 1 is 1.25 bits per heavy atom. The first-order chi connectivity index (χ1) is 9.49. The van der Waals surface area contributed by atoms with Crippen LogP contribution in [0.3, 0.4) is 0 Å². The second-order valence-corrected chi connectivity index (χ2v) is 5.15. The van der Waals surface area contributed by atoms with Crippen molar-refractivity contribution >= 4 is 21.6 Å². The Morgan fingerprint density at radius 3 is 2.60 bits per heavy atom. The first-order valence-electron chi connectivity index (χ1n) is 5.95. The van der Waals surface area contributed by atoms with E-state index in [1.165, 1.54) is 12.1 Å². The third-order valence-corrected chi connectivity index (χ3v) is 3.41. The first-order valence-corrected chi connectivity index (χ1v) is 6.74. The zero-order valence-corrected chi connectivity index (χ0v) is 12.3. The molecule has 20 heavy (non-hydrogen) atoms. The van der Waals surface area contributed by atoms with E-state index < -0.39 is 4.92 Å². The maximum atomic E-state index is 10.8. The van der Waals surface area contributed by atoms with Gasteiger partial charge in [-0.05, 0) is 35.0 Å². The van der Waals surface area contributed by atoms with Gasteiger partial charge in [0.2, 0.25) is 0 Å². The quantitative estimate of drug-likeness (QED) is 0.671. The Labute approximate surface area is 124 Å². The molecule has 0 heterocycles. The lowest BCUT2D eigenvalue weighted by molar-refractivity contribution is -0.384. The van der Waals surface area contributed by atoms with Gasteiger partial charge in [0, 0.05) is 17.7 Å². The summed E-state index contributed by atoms with van der Waals surface area (Å²) in [6, 6.07) is 11.5. The number of hydrogen-bond donors (Lipinski definition) is 1. The zero-order valence-electron chi connectivity index (χ0n) is 10.7. The molecule has 0 aliphatic carbocycles. The molecule has 2 aromatic rings. The van der Waals surface area contributed by atoms with E-state index in [0.717, 1.165) is 5.56 Å². The Morgan fingerprint density at radius 2 is 1.95 bits per heavy atom. The van der Waals surface area contributed by atoms with Crippen LogP contribution in [-0.2, 0) is 0 Å². The summed E-state index contributed by atoms with van der Waals surface area (Å²) >= 11 is 3.32. The summed E-state index contributed by atoms with van der Waals surface area (Å²) < 4.78 is 6.40. The van der Waals surface area contributed by atoms with Gasteiger partial charge in [0.25, 0.3) is 5.69 Å². The van der Waals surface area contributed by atoms with E-state index in [-0.39, 0.29) is 11.7 Å². The van der Waals surface area contributed by atoms with Crippen LogP contribution in [0.4, 0.5) is 5.69 Å². The van der Waals surface area contributed by atoms with Gasteiger partial charge in [-0.3, -0.25) is 10.1 Å². The van der Waals surface area contributed by atoms with Gasteiger partial charge in [-0.15, -0.1) is 0 Å². The van der Waals surface area contributed by atoms with E-state index in [9.17, 15) is 10.1 Å². The molecular formula is C14H13BrN2O3. The van der Waals surface area contributed by atoms with E-state index in [4.69, 9.17) is 10.5 Å². The molecular weight excluding hydrogens is 324 g/mol. The van der Waals surface area contributed by atoms with Crippen molar-refractivity contribution < 1.29 is 9.66 Å². The summed E-state index contributed by atoms with van der Waals surface area (Å²) in [5.74, 6) is 0.969. The summed E-state index contributed by atoms with van der Waals surface area (Å²) in [5, 5.41) is 10.8. The molecule has 104 valence electrons. The molecule has 2 aromatic carbocycles. The number of hydrogen-bond acceptors (Lipinski definition) is 4.